The van der Waals surface area contributed by atoms with Crippen LogP contribution in [0.4, 0.5) is 0 Å². The first-order chi connectivity index (χ1) is 16.4. The van der Waals surface area contributed by atoms with E-state index in [0.29, 0.717) is 83.2 Å². The quantitative estimate of drug-likeness (QED) is 0.438. The van der Waals surface area contributed by atoms with Gasteiger partial charge in [-0.3, -0.25) is 14.5 Å². The average molecular weight is 497 g/mol. The van der Waals surface area contributed by atoms with E-state index in [1.807, 2.05) is 11.8 Å². The van der Waals surface area contributed by atoms with Crippen molar-refractivity contribution in [3.8, 4) is 11.5 Å². The van der Waals surface area contributed by atoms with Crippen molar-refractivity contribution < 1.29 is 27.5 Å². The van der Waals surface area contributed by atoms with Crippen LogP contribution in [0.15, 0.2) is 23.1 Å². The number of likely N-dealkylation sites (N-methyl/N-ethyl adjacent to an activating group) is 1. The summed E-state index contributed by atoms with van der Waals surface area (Å²) in [5.41, 5.74) is 0. The first kappa shape index (κ1) is 26.2. The van der Waals surface area contributed by atoms with Crippen molar-refractivity contribution in [1.29, 1.82) is 0 Å². The van der Waals surface area contributed by atoms with E-state index in [1.165, 1.54) is 12.1 Å². The molecule has 2 heterocycles. The largest absolute Gasteiger partial charge is 0.486 e. The standard InChI is InChI=1S/C23H36N4O6S/c1-2-24-22(28)18-26-11-6-12-27(14-13-26)23(29)7-4-3-5-10-25-34(30,31)19-8-9-20-21(17-19)33-16-15-32-20/h8-9,17,25H,2-7,10-16,18H2,1H3,(H,24,28). The highest BCUT2D eigenvalue weighted by molar-refractivity contribution is 7.89. The molecule has 190 valence electrons. The number of fused-ring (bicyclic) bond motifs is 1. The third kappa shape index (κ3) is 7.85. The second-order valence-electron chi connectivity index (χ2n) is 8.48. The van der Waals surface area contributed by atoms with E-state index in [0.717, 1.165) is 19.4 Å². The molecule has 1 saturated heterocycles. The number of unbranched alkanes of at least 4 members (excludes halogenated alkanes) is 2. The van der Waals surface area contributed by atoms with Crippen LogP contribution in [0.5, 0.6) is 11.5 Å². The van der Waals surface area contributed by atoms with E-state index in [9.17, 15) is 18.0 Å². The molecular formula is C23H36N4O6S. The van der Waals surface area contributed by atoms with Crippen LogP contribution in [-0.2, 0) is 19.6 Å². The van der Waals surface area contributed by atoms with Gasteiger partial charge in [-0.05, 0) is 38.3 Å². The van der Waals surface area contributed by atoms with E-state index >= 15 is 0 Å². The molecule has 10 nitrogen and oxygen atoms in total. The molecule has 11 heteroatoms. The maximum atomic E-state index is 12.6. The van der Waals surface area contributed by atoms with Gasteiger partial charge < -0.3 is 19.7 Å². The van der Waals surface area contributed by atoms with Gasteiger partial charge in [0.2, 0.25) is 21.8 Å². The summed E-state index contributed by atoms with van der Waals surface area (Å²) in [5, 5.41) is 2.81. The fourth-order valence-electron chi connectivity index (χ4n) is 4.05. The number of benzene rings is 1. The maximum absolute atomic E-state index is 12.6. The number of sulfonamides is 1. The fraction of sp³-hybridized carbons (Fsp3) is 0.652. The summed E-state index contributed by atoms with van der Waals surface area (Å²) in [5.74, 6) is 1.13. The highest BCUT2D eigenvalue weighted by atomic mass is 32.2. The number of nitrogens with zero attached hydrogens (tertiary/aromatic N) is 2. The molecule has 0 aliphatic carbocycles. The minimum Gasteiger partial charge on any atom is -0.486 e. The van der Waals surface area contributed by atoms with Gasteiger partial charge in [0.05, 0.1) is 11.4 Å². The summed E-state index contributed by atoms with van der Waals surface area (Å²) in [6, 6.07) is 4.60. The molecule has 2 amide bonds. The number of carbonyl (C=O) groups is 2. The average Bonchev–Trinajstić information content (AvgIpc) is 3.06. The third-order valence-electron chi connectivity index (χ3n) is 5.87. The van der Waals surface area contributed by atoms with Crippen molar-refractivity contribution >= 4 is 21.8 Å². The second-order valence-corrected chi connectivity index (χ2v) is 10.2. The fourth-order valence-corrected chi connectivity index (χ4v) is 5.14. The first-order valence-electron chi connectivity index (χ1n) is 12.0. The minimum atomic E-state index is -3.63. The van der Waals surface area contributed by atoms with E-state index in [4.69, 9.17) is 9.47 Å². The lowest BCUT2D eigenvalue weighted by Gasteiger charge is -2.21. The molecule has 2 aliphatic rings. The van der Waals surface area contributed by atoms with Crippen LogP contribution in [0.1, 0.15) is 39.0 Å². The van der Waals surface area contributed by atoms with Crippen LogP contribution in [-0.4, -0.2) is 89.1 Å². The molecule has 0 radical (unpaired) electrons. The molecule has 0 saturated carbocycles. The van der Waals surface area contributed by atoms with Gasteiger partial charge in [0, 0.05) is 51.8 Å². The van der Waals surface area contributed by atoms with Gasteiger partial charge >= 0.3 is 0 Å². The Morgan fingerprint density at radius 2 is 1.79 bits per heavy atom. The Morgan fingerprint density at radius 3 is 2.59 bits per heavy atom. The van der Waals surface area contributed by atoms with Crippen LogP contribution >= 0.6 is 0 Å². The van der Waals surface area contributed by atoms with E-state index in [2.05, 4.69) is 14.9 Å². The Kier molecular flexibility index (Phi) is 9.97. The van der Waals surface area contributed by atoms with E-state index in [-0.39, 0.29) is 16.7 Å². The van der Waals surface area contributed by atoms with Crippen LogP contribution < -0.4 is 19.5 Å². The smallest absolute Gasteiger partial charge is 0.240 e. The summed E-state index contributed by atoms with van der Waals surface area (Å²) in [7, 11) is -3.63. The van der Waals surface area contributed by atoms with Crippen molar-refractivity contribution in [3.63, 3.8) is 0 Å². The number of amides is 2. The van der Waals surface area contributed by atoms with Crippen LogP contribution in [0, 0.1) is 0 Å². The number of carbonyl (C=O) groups excluding carboxylic acids is 2. The molecule has 0 atom stereocenters. The zero-order valence-electron chi connectivity index (χ0n) is 19.9. The maximum Gasteiger partial charge on any atom is 0.240 e. The number of hydrogen-bond donors (Lipinski definition) is 2. The van der Waals surface area contributed by atoms with Crippen LogP contribution in [0.3, 0.4) is 0 Å². The summed E-state index contributed by atoms with van der Waals surface area (Å²) >= 11 is 0. The highest BCUT2D eigenvalue weighted by Crippen LogP contribution is 2.32. The minimum absolute atomic E-state index is 0.0203. The molecule has 0 aromatic heterocycles. The van der Waals surface area contributed by atoms with Gasteiger partial charge in [0.15, 0.2) is 11.5 Å². The monoisotopic (exact) mass is 496 g/mol. The summed E-state index contributed by atoms with van der Waals surface area (Å²) in [6.45, 7) is 6.90. The second kappa shape index (κ2) is 12.9. The number of hydrogen-bond acceptors (Lipinski definition) is 7. The summed E-state index contributed by atoms with van der Waals surface area (Å²) < 4.78 is 38.6. The zero-order chi connectivity index (χ0) is 24.4. The molecule has 2 N–H and O–H groups in total. The Morgan fingerprint density at radius 1 is 1.00 bits per heavy atom. The molecule has 0 unspecified atom stereocenters. The Hall–Kier alpha value is -2.37. The van der Waals surface area contributed by atoms with E-state index in [1.54, 1.807) is 6.07 Å². The Labute approximate surface area is 202 Å². The Balaban J connectivity index is 1.32. The van der Waals surface area contributed by atoms with Crippen molar-refractivity contribution in [2.24, 2.45) is 0 Å². The van der Waals surface area contributed by atoms with Gasteiger partial charge in [-0.2, -0.15) is 0 Å². The lowest BCUT2D eigenvalue weighted by molar-refractivity contribution is -0.131. The number of rotatable bonds is 11. The van der Waals surface area contributed by atoms with E-state index < -0.39 is 10.0 Å². The highest BCUT2D eigenvalue weighted by Gasteiger charge is 2.21. The molecule has 0 bridgehead atoms. The molecular weight excluding hydrogens is 460 g/mol. The first-order valence-corrected chi connectivity index (χ1v) is 13.5. The van der Waals surface area contributed by atoms with Gasteiger partial charge in [0.1, 0.15) is 13.2 Å². The van der Waals surface area contributed by atoms with Gasteiger partial charge in [-0.25, -0.2) is 13.1 Å². The van der Waals surface area contributed by atoms with Gasteiger partial charge in [-0.15, -0.1) is 0 Å². The predicted molar refractivity (Wildman–Crippen MR) is 127 cm³/mol. The van der Waals surface area contributed by atoms with Crippen molar-refractivity contribution in [2.45, 2.75) is 43.9 Å². The van der Waals surface area contributed by atoms with Crippen molar-refractivity contribution in [3.05, 3.63) is 18.2 Å². The number of ether oxygens (including phenoxy) is 2. The topological polar surface area (TPSA) is 117 Å². The number of nitrogens with one attached hydrogen (secondary N) is 2. The normalized spacial score (nSPS) is 16.7. The molecule has 0 spiro atoms. The molecule has 34 heavy (non-hydrogen) atoms. The lowest BCUT2D eigenvalue weighted by Crippen LogP contribution is -2.40. The lowest BCUT2D eigenvalue weighted by atomic mass is 10.2. The van der Waals surface area contributed by atoms with Gasteiger partial charge in [-0.1, -0.05) is 6.42 Å². The summed E-state index contributed by atoms with van der Waals surface area (Å²) in [6.07, 6.45) is 3.42. The predicted octanol–water partition coefficient (Wildman–Crippen LogP) is 0.967. The SMILES string of the molecule is CCNC(=O)CN1CCCN(C(=O)CCCCCNS(=O)(=O)c2ccc3c(c2)OCCO3)CC1. The van der Waals surface area contributed by atoms with Crippen molar-refractivity contribution in [2.75, 3.05) is 59.0 Å². The van der Waals surface area contributed by atoms with Crippen LogP contribution in [0.2, 0.25) is 0 Å². The molecule has 2 aliphatic heterocycles. The van der Waals surface area contributed by atoms with Gasteiger partial charge in [0.25, 0.3) is 0 Å². The molecule has 1 aromatic carbocycles. The molecule has 1 fully saturated rings. The Bertz CT molecular complexity index is 939. The summed E-state index contributed by atoms with van der Waals surface area (Å²) in [4.78, 5) is 28.5. The van der Waals surface area contributed by atoms with Crippen molar-refractivity contribution in [1.82, 2.24) is 19.8 Å². The third-order valence-corrected chi connectivity index (χ3v) is 7.32. The molecule has 3 rings (SSSR count). The van der Waals surface area contributed by atoms with Crippen LogP contribution in [0.25, 0.3) is 0 Å². The molecule has 1 aromatic rings. The zero-order valence-corrected chi connectivity index (χ0v) is 20.7.